The van der Waals surface area contributed by atoms with Crippen molar-refractivity contribution in [3.8, 4) is 0 Å². The van der Waals surface area contributed by atoms with Gasteiger partial charge in [-0.1, -0.05) is 30.3 Å². The fourth-order valence-corrected chi connectivity index (χ4v) is 4.26. The third-order valence-corrected chi connectivity index (χ3v) is 5.86. The highest BCUT2D eigenvalue weighted by molar-refractivity contribution is 5.93. The van der Waals surface area contributed by atoms with Crippen LogP contribution in [0.3, 0.4) is 0 Å². The number of nitrogens with zero attached hydrogens (tertiary/aromatic N) is 1. The quantitative estimate of drug-likeness (QED) is 0.927. The van der Waals surface area contributed by atoms with E-state index in [2.05, 4.69) is 17.4 Å². The van der Waals surface area contributed by atoms with Crippen molar-refractivity contribution < 1.29 is 9.59 Å². The van der Waals surface area contributed by atoms with Gasteiger partial charge in [-0.25, -0.2) is 0 Å². The molecule has 2 atom stereocenters. The van der Waals surface area contributed by atoms with E-state index in [0.717, 1.165) is 44.9 Å². The number of piperidine rings is 1. The van der Waals surface area contributed by atoms with E-state index in [9.17, 15) is 9.59 Å². The van der Waals surface area contributed by atoms with E-state index in [1.165, 1.54) is 5.56 Å². The van der Waals surface area contributed by atoms with Gasteiger partial charge in [0, 0.05) is 18.0 Å². The van der Waals surface area contributed by atoms with Crippen molar-refractivity contribution in [2.75, 3.05) is 6.54 Å². The Morgan fingerprint density at radius 1 is 1.13 bits per heavy atom. The fraction of sp³-hybridized carbons (Fsp3) is 0.579. The second-order valence-electron chi connectivity index (χ2n) is 7.31. The molecule has 4 nitrogen and oxygen atoms in total. The van der Waals surface area contributed by atoms with Gasteiger partial charge in [0.2, 0.25) is 11.8 Å². The molecule has 4 heteroatoms. The third kappa shape index (κ3) is 2.64. The van der Waals surface area contributed by atoms with Gasteiger partial charge in [0.25, 0.3) is 0 Å². The molecule has 1 aromatic carbocycles. The largest absolute Gasteiger partial charge is 0.354 e. The minimum absolute atomic E-state index is 0.0366. The summed E-state index contributed by atoms with van der Waals surface area (Å²) >= 11 is 0. The van der Waals surface area contributed by atoms with Crippen LogP contribution in [-0.4, -0.2) is 35.3 Å². The average molecular weight is 312 g/mol. The van der Waals surface area contributed by atoms with Crippen molar-refractivity contribution in [1.29, 1.82) is 0 Å². The van der Waals surface area contributed by atoms with Gasteiger partial charge >= 0.3 is 0 Å². The van der Waals surface area contributed by atoms with E-state index < -0.39 is 0 Å². The van der Waals surface area contributed by atoms with Gasteiger partial charge in [-0.2, -0.15) is 0 Å². The SMILES string of the molecule is O=C(NCCc1ccccc1)[C@@H]1CC[C@@H]2CCC3(CC3)C(=O)N21. The van der Waals surface area contributed by atoms with E-state index >= 15 is 0 Å². The number of carbonyl (C=O) groups is 2. The van der Waals surface area contributed by atoms with E-state index in [1.807, 2.05) is 23.1 Å². The molecule has 23 heavy (non-hydrogen) atoms. The molecule has 0 unspecified atom stereocenters. The van der Waals surface area contributed by atoms with Crippen LogP contribution in [0.25, 0.3) is 0 Å². The third-order valence-electron chi connectivity index (χ3n) is 5.86. The number of carbonyl (C=O) groups excluding carboxylic acids is 2. The lowest BCUT2D eigenvalue weighted by Crippen LogP contribution is -2.54. The van der Waals surface area contributed by atoms with Crippen LogP contribution in [0, 0.1) is 5.41 Å². The van der Waals surface area contributed by atoms with Gasteiger partial charge in [0.15, 0.2) is 0 Å². The number of nitrogens with one attached hydrogen (secondary N) is 1. The maximum absolute atomic E-state index is 12.7. The molecular formula is C19H24N2O2. The van der Waals surface area contributed by atoms with E-state index in [0.29, 0.717) is 12.6 Å². The Morgan fingerprint density at radius 2 is 1.91 bits per heavy atom. The Hall–Kier alpha value is -1.84. The summed E-state index contributed by atoms with van der Waals surface area (Å²) in [4.78, 5) is 27.2. The van der Waals surface area contributed by atoms with Gasteiger partial charge in [-0.3, -0.25) is 9.59 Å². The first-order chi connectivity index (χ1) is 11.2. The molecule has 0 aromatic heterocycles. The Kier molecular flexibility index (Phi) is 3.63. The number of fused-ring (bicyclic) bond motifs is 1. The molecule has 1 aliphatic carbocycles. The van der Waals surface area contributed by atoms with Crippen molar-refractivity contribution in [2.24, 2.45) is 5.41 Å². The molecule has 1 aromatic rings. The first kappa shape index (κ1) is 14.7. The zero-order valence-corrected chi connectivity index (χ0v) is 13.5. The van der Waals surface area contributed by atoms with Gasteiger partial charge in [-0.15, -0.1) is 0 Å². The molecule has 2 saturated heterocycles. The van der Waals surface area contributed by atoms with E-state index in [4.69, 9.17) is 0 Å². The molecule has 2 heterocycles. The standard InChI is InChI=1S/C19H24N2O2/c22-17(20-13-9-14-4-2-1-3-5-14)16-7-6-15-8-10-19(11-12-19)18(23)21(15)16/h1-5,15-16H,6-13H2,(H,20,22)/t15-,16+/m1/s1. The molecule has 0 bridgehead atoms. The smallest absolute Gasteiger partial charge is 0.242 e. The molecule has 1 spiro atoms. The lowest BCUT2D eigenvalue weighted by molar-refractivity contribution is -0.148. The Morgan fingerprint density at radius 3 is 2.65 bits per heavy atom. The fourth-order valence-electron chi connectivity index (χ4n) is 4.26. The van der Waals surface area contributed by atoms with Gasteiger partial charge in [0.05, 0.1) is 0 Å². The maximum atomic E-state index is 12.7. The second kappa shape index (κ2) is 5.66. The molecule has 0 radical (unpaired) electrons. The summed E-state index contributed by atoms with van der Waals surface area (Å²) in [6, 6.07) is 10.2. The molecule has 1 saturated carbocycles. The van der Waals surface area contributed by atoms with Crippen molar-refractivity contribution in [3.63, 3.8) is 0 Å². The molecule has 3 aliphatic rings. The van der Waals surface area contributed by atoms with Crippen LogP contribution in [0.4, 0.5) is 0 Å². The zero-order chi connectivity index (χ0) is 15.9. The summed E-state index contributed by atoms with van der Waals surface area (Å²) in [6.45, 7) is 0.636. The number of amides is 2. The van der Waals surface area contributed by atoms with Crippen LogP contribution in [0.5, 0.6) is 0 Å². The number of rotatable bonds is 4. The van der Waals surface area contributed by atoms with Crippen molar-refractivity contribution in [2.45, 2.75) is 57.0 Å². The van der Waals surface area contributed by atoms with Crippen LogP contribution in [0.1, 0.15) is 44.1 Å². The lowest BCUT2D eigenvalue weighted by Gasteiger charge is -2.38. The van der Waals surface area contributed by atoms with Crippen molar-refractivity contribution in [1.82, 2.24) is 10.2 Å². The number of benzene rings is 1. The van der Waals surface area contributed by atoms with E-state index in [1.54, 1.807) is 0 Å². The monoisotopic (exact) mass is 312 g/mol. The Balaban J connectivity index is 1.36. The van der Waals surface area contributed by atoms with Crippen LogP contribution in [0.2, 0.25) is 0 Å². The summed E-state index contributed by atoms with van der Waals surface area (Å²) in [7, 11) is 0. The highest BCUT2D eigenvalue weighted by atomic mass is 16.2. The highest BCUT2D eigenvalue weighted by Gasteiger charge is 2.58. The lowest BCUT2D eigenvalue weighted by atomic mass is 9.89. The van der Waals surface area contributed by atoms with Gasteiger partial charge in [-0.05, 0) is 50.5 Å². The predicted octanol–water partition coefficient (Wildman–Crippen LogP) is 2.28. The second-order valence-corrected chi connectivity index (χ2v) is 7.31. The zero-order valence-electron chi connectivity index (χ0n) is 13.5. The molecule has 1 N–H and O–H groups in total. The average Bonchev–Trinajstić information content (AvgIpc) is 3.22. The molecule has 2 aliphatic heterocycles. The summed E-state index contributed by atoms with van der Waals surface area (Å²) in [6.07, 6.45) is 6.81. The Labute approximate surface area is 137 Å². The van der Waals surface area contributed by atoms with E-state index in [-0.39, 0.29) is 23.3 Å². The molecule has 4 rings (SSSR count). The summed E-state index contributed by atoms with van der Waals surface area (Å²) < 4.78 is 0. The van der Waals surface area contributed by atoms with Crippen LogP contribution >= 0.6 is 0 Å². The predicted molar refractivity (Wildman–Crippen MR) is 87.7 cm³/mol. The Bertz CT molecular complexity index is 609. The first-order valence-corrected chi connectivity index (χ1v) is 8.84. The molecule has 3 fully saturated rings. The minimum Gasteiger partial charge on any atom is -0.354 e. The number of hydrogen-bond donors (Lipinski definition) is 1. The first-order valence-electron chi connectivity index (χ1n) is 8.84. The van der Waals surface area contributed by atoms with Gasteiger partial charge in [0.1, 0.15) is 6.04 Å². The van der Waals surface area contributed by atoms with Crippen molar-refractivity contribution >= 4 is 11.8 Å². The highest BCUT2D eigenvalue weighted by Crippen LogP contribution is 2.56. The topological polar surface area (TPSA) is 49.4 Å². The molecule has 122 valence electrons. The normalized spacial score (nSPS) is 27.8. The minimum atomic E-state index is -0.235. The van der Waals surface area contributed by atoms with Crippen LogP contribution in [-0.2, 0) is 16.0 Å². The summed E-state index contributed by atoms with van der Waals surface area (Å²) in [5.41, 5.74) is 1.15. The number of hydrogen-bond acceptors (Lipinski definition) is 2. The maximum Gasteiger partial charge on any atom is 0.242 e. The molecular weight excluding hydrogens is 288 g/mol. The summed E-state index contributed by atoms with van der Waals surface area (Å²) in [5.74, 6) is 0.295. The van der Waals surface area contributed by atoms with Gasteiger partial charge < -0.3 is 10.2 Å². The van der Waals surface area contributed by atoms with Crippen molar-refractivity contribution in [3.05, 3.63) is 35.9 Å². The van der Waals surface area contributed by atoms with Crippen LogP contribution in [0.15, 0.2) is 30.3 Å². The molecule has 2 amide bonds. The summed E-state index contributed by atoms with van der Waals surface area (Å²) in [5, 5.41) is 3.04. The van der Waals surface area contributed by atoms with Crippen LogP contribution < -0.4 is 5.32 Å².